The van der Waals surface area contributed by atoms with Crippen LogP contribution in [0.2, 0.25) is 5.02 Å². The molecule has 6 nitrogen and oxygen atoms in total. The summed E-state index contributed by atoms with van der Waals surface area (Å²) in [4.78, 5) is 26.8. The molecule has 4 rings (SSSR count). The number of benzene rings is 3. The van der Waals surface area contributed by atoms with Crippen LogP contribution in [0.4, 0.5) is 0 Å². The van der Waals surface area contributed by atoms with Crippen molar-refractivity contribution in [1.82, 2.24) is 10.2 Å². The van der Waals surface area contributed by atoms with Gasteiger partial charge in [0, 0.05) is 41.3 Å². The average molecular weight is 479 g/mol. The molecule has 1 saturated carbocycles. The summed E-state index contributed by atoms with van der Waals surface area (Å²) in [6, 6.07) is 20.2. The molecule has 1 aliphatic carbocycles. The number of carbonyl (C=O) groups is 2. The third-order valence-electron chi connectivity index (χ3n) is 5.65. The van der Waals surface area contributed by atoms with Gasteiger partial charge < -0.3 is 19.7 Å². The second kappa shape index (κ2) is 10.6. The number of halogens is 1. The second-order valence-electron chi connectivity index (χ2n) is 8.35. The van der Waals surface area contributed by atoms with E-state index in [9.17, 15) is 9.59 Å². The van der Waals surface area contributed by atoms with Crippen molar-refractivity contribution in [2.45, 2.75) is 32.0 Å². The SMILES string of the molecule is COc1cc(C(=O)N(C)Cc2ccc(C(=O)NC3CC3)cc2)ccc1OCc1ccccc1Cl. The van der Waals surface area contributed by atoms with Crippen molar-refractivity contribution in [1.29, 1.82) is 0 Å². The van der Waals surface area contributed by atoms with Crippen LogP contribution in [0.5, 0.6) is 11.5 Å². The zero-order valence-corrected chi connectivity index (χ0v) is 20.0. The van der Waals surface area contributed by atoms with Gasteiger partial charge in [-0.15, -0.1) is 0 Å². The van der Waals surface area contributed by atoms with Crippen molar-refractivity contribution >= 4 is 23.4 Å². The lowest BCUT2D eigenvalue weighted by atomic mass is 10.1. The lowest BCUT2D eigenvalue weighted by Gasteiger charge is -2.19. The van der Waals surface area contributed by atoms with Gasteiger partial charge in [-0.25, -0.2) is 0 Å². The Labute approximate surface area is 204 Å². The lowest BCUT2D eigenvalue weighted by molar-refractivity contribution is 0.0784. The Morgan fingerprint density at radius 2 is 1.71 bits per heavy atom. The van der Waals surface area contributed by atoms with Crippen molar-refractivity contribution in [3.05, 3.63) is 94.0 Å². The maximum absolute atomic E-state index is 13.0. The molecule has 0 radical (unpaired) electrons. The first-order valence-corrected chi connectivity index (χ1v) is 11.5. The molecule has 0 bridgehead atoms. The Bertz CT molecular complexity index is 1180. The van der Waals surface area contributed by atoms with E-state index in [0.717, 1.165) is 24.0 Å². The molecule has 0 atom stereocenters. The molecule has 1 fully saturated rings. The Morgan fingerprint density at radius 3 is 2.38 bits per heavy atom. The molecule has 7 heteroatoms. The maximum atomic E-state index is 13.0. The number of hydrogen-bond donors (Lipinski definition) is 1. The van der Waals surface area contributed by atoms with Crippen molar-refractivity contribution in [2.75, 3.05) is 14.2 Å². The van der Waals surface area contributed by atoms with E-state index in [0.29, 0.717) is 40.2 Å². The van der Waals surface area contributed by atoms with E-state index in [-0.39, 0.29) is 18.4 Å². The molecule has 0 aromatic heterocycles. The van der Waals surface area contributed by atoms with Crippen LogP contribution in [0.15, 0.2) is 66.7 Å². The molecule has 0 spiro atoms. The highest BCUT2D eigenvalue weighted by Crippen LogP contribution is 2.30. The number of nitrogens with zero attached hydrogens (tertiary/aromatic N) is 1. The van der Waals surface area contributed by atoms with Gasteiger partial charge in [-0.1, -0.05) is 41.9 Å². The summed E-state index contributed by atoms with van der Waals surface area (Å²) in [5.74, 6) is 0.799. The third kappa shape index (κ3) is 5.88. The van der Waals surface area contributed by atoms with Crippen LogP contribution in [0.1, 0.15) is 44.7 Å². The van der Waals surface area contributed by atoms with Crippen LogP contribution in [0.25, 0.3) is 0 Å². The van der Waals surface area contributed by atoms with Gasteiger partial charge in [0.05, 0.1) is 7.11 Å². The number of hydrogen-bond acceptors (Lipinski definition) is 4. The molecule has 1 aliphatic rings. The topological polar surface area (TPSA) is 67.9 Å². The molecule has 176 valence electrons. The fourth-order valence-electron chi connectivity index (χ4n) is 3.51. The molecule has 34 heavy (non-hydrogen) atoms. The predicted octanol–water partition coefficient (Wildman–Crippen LogP) is 5.09. The smallest absolute Gasteiger partial charge is 0.254 e. The van der Waals surface area contributed by atoms with E-state index >= 15 is 0 Å². The van der Waals surface area contributed by atoms with Gasteiger partial charge in [-0.2, -0.15) is 0 Å². The minimum atomic E-state index is -0.147. The molecule has 0 unspecified atom stereocenters. The summed E-state index contributed by atoms with van der Waals surface area (Å²) in [5, 5.41) is 3.61. The average Bonchev–Trinajstić information content (AvgIpc) is 3.67. The van der Waals surface area contributed by atoms with E-state index < -0.39 is 0 Å². The number of nitrogens with one attached hydrogen (secondary N) is 1. The molecular weight excluding hydrogens is 452 g/mol. The van der Waals surface area contributed by atoms with E-state index in [4.69, 9.17) is 21.1 Å². The minimum Gasteiger partial charge on any atom is -0.493 e. The number of methoxy groups -OCH3 is 1. The fraction of sp³-hybridized carbons (Fsp3) is 0.259. The minimum absolute atomic E-state index is 0.0533. The number of amides is 2. The third-order valence-corrected chi connectivity index (χ3v) is 6.02. The van der Waals surface area contributed by atoms with E-state index in [1.165, 1.54) is 7.11 Å². The number of rotatable bonds is 9. The Hall–Kier alpha value is -3.51. The van der Waals surface area contributed by atoms with E-state index in [1.54, 1.807) is 42.3 Å². The van der Waals surface area contributed by atoms with Crippen LogP contribution in [-0.2, 0) is 13.2 Å². The van der Waals surface area contributed by atoms with Gasteiger partial charge in [0.25, 0.3) is 11.8 Å². The molecule has 2 amide bonds. The van der Waals surface area contributed by atoms with Gasteiger partial charge in [0.1, 0.15) is 6.61 Å². The monoisotopic (exact) mass is 478 g/mol. The summed E-state index contributed by atoms with van der Waals surface area (Å²) in [6.07, 6.45) is 2.10. The molecule has 1 N–H and O–H groups in total. The van der Waals surface area contributed by atoms with E-state index in [2.05, 4.69) is 5.32 Å². The van der Waals surface area contributed by atoms with Crippen molar-refractivity contribution in [2.24, 2.45) is 0 Å². The van der Waals surface area contributed by atoms with Crippen LogP contribution >= 0.6 is 11.6 Å². The first kappa shape index (κ1) is 23.6. The molecule has 0 saturated heterocycles. The van der Waals surface area contributed by atoms with Crippen molar-refractivity contribution in [3.63, 3.8) is 0 Å². The van der Waals surface area contributed by atoms with E-state index in [1.807, 2.05) is 36.4 Å². The molecule has 3 aromatic carbocycles. The van der Waals surface area contributed by atoms with Crippen molar-refractivity contribution < 1.29 is 19.1 Å². The summed E-state index contributed by atoms with van der Waals surface area (Å²) < 4.78 is 11.3. The highest BCUT2D eigenvalue weighted by molar-refractivity contribution is 6.31. The Morgan fingerprint density at radius 1 is 1.00 bits per heavy atom. The van der Waals surface area contributed by atoms with Gasteiger partial charge >= 0.3 is 0 Å². The maximum Gasteiger partial charge on any atom is 0.254 e. The molecule has 3 aromatic rings. The van der Waals surface area contributed by atoms with Crippen LogP contribution < -0.4 is 14.8 Å². The standard InChI is InChI=1S/C27H27ClN2O4/c1-30(16-18-7-9-19(10-8-18)26(31)29-22-12-13-22)27(32)20-11-14-24(25(15-20)33-2)34-17-21-5-3-4-6-23(21)28/h3-11,14-15,22H,12-13,16-17H2,1-2H3,(H,29,31). The van der Waals surface area contributed by atoms with Crippen LogP contribution in [0, 0.1) is 0 Å². The summed E-state index contributed by atoms with van der Waals surface area (Å²) in [5.41, 5.74) is 2.92. The summed E-state index contributed by atoms with van der Waals surface area (Å²) >= 11 is 6.20. The predicted molar refractivity (Wildman–Crippen MR) is 132 cm³/mol. The largest absolute Gasteiger partial charge is 0.493 e. The molecule has 0 aliphatic heterocycles. The van der Waals surface area contributed by atoms with Gasteiger partial charge in [0.15, 0.2) is 11.5 Å². The number of ether oxygens (including phenoxy) is 2. The normalized spacial score (nSPS) is 12.7. The molecular formula is C27H27ClN2O4. The van der Waals surface area contributed by atoms with Gasteiger partial charge in [0.2, 0.25) is 0 Å². The van der Waals surface area contributed by atoms with Crippen LogP contribution in [-0.4, -0.2) is 36.9 Å². The Balaban J connectivity index is 1.38. The van der Waals surface area contributed by atoms with Crippen LogP contribution in [0.3, 0.4) is 0 Å². The Kier molecular flexibility index (Phi) is 7.38. The van der Waals surface area contributed by atoms with Gasteiger partial charge in [-0.3, -0.25) is 9.59 Å². The summed E-state index contributed by atoms with van der Waals surface area (Å²) in [7, 11) is 3.28. The summed E-state index contributed by atoms with van der Waals surface area (Å²) in [6.45, 7) is 0.703. The second-order valence-corrected chi connectivity index (χ2v) is 8.76. The highest BCUT2D eigenvalue weighted by Gasteiger charge is 2.23. The van der Waals surface area contributed by atoms with Gasteiger partial charge in [-0.05, 0) is 54.8 Å². The zero-order chi connectivity index (χ0) is 24.1. The first-order valence-electron chi connectivity index (χ1n) is 11.1. The molecule has 0 heterocycles. The fourth-order valence-corrected chi connectivity index (χ4v) is 3.71. The zero-order valence-electron chi connectivity index (χ0n) is 19.2. The van der Waals surface area contributed by atoms with Crippen molar-refractivity contribution in [3.8, 4) is 11.5 Å². The highest BCUT2D eigenvalue weighted by atomic mass is 35.5. The lowest BCUT2D eigenvalue weighted by Crippen LogP contribution is -2.27. The first-order chi connectivity index (χ1) is 16.4. The quantitative estimate of drug-likeness (QED) is 0.465. The number of carbonyl (C=O) groups excluding carboxylic acids is 2.